The minimum absolute atomic E-state index is 0. The number of benzene rings is 2. The second kappa shape index (κ2) is 9.95. The fourth-order valence-electron chi connectivity index (χ4n) is 2.42. The molecular weight excluding hydrogens is 465 g/mol. The average molecular weight is 484 g/mol. The summed E-state index contributed by atoms with van der Waals surface area (Å²) >= 11 is 0. The van der Waals surface area contributed by atoms with Gasteiger partial charge in [0.2, 0.25) is 0 Å². The van der Waals surface area contributed by atoms with Crippen molar-refractivity contribution in [3.63, 3.8) is 0 Å². The molecule has 0 spiro atoms. The molecule has 9 heteroatoms. The van der Waals surface area contributed by atoms with Crippen LogP contribution in [0.1, 0.15) is 11.4 Å². The van der Waals surface area contributed by atoms with Crippen molar-refractivity contribution in [2.45, 2.75) is 13.1 Å². The van der Waals surface area contributed by atoms with E-state index in [0.29, 0.717) is 18.3 Å². The van der Waals surface area contributed by atoms with E-state index in [-0.39, 0.29) is 36.1 Å². The molecule has 142 valence electrons. The van der Waals surface area contributed by atoms with Gasteiger partial charge in [0.1, 0.15) is 18.0 Å². The van der Waals surface area contributed by atoms with Crippen molar-refractivity contribution in [1.29, 1.82) is 0 Å². The van der Waals surface area contributed by atoms with Crippen LogP contribution in [0.3, 0.4) is 0 Å². The number of guanidine groups is 1. The van der Waals surface area contributed by atoms with Gasteiger partial charge < -0.3 is 10.6 Å². The molecule has 0 aliphatic rings. The number of nitrogens with zero attached hydrogens (tertiary/aromatic N) is 4. The van der Waals surface area contributed by atoms with Gasteiger partial charge >= 0.3 is 0 Å². The zero-order valence-electron chi connectivity index (χ0n) is 14.6. The van der Waals surface area contributed by atoms with Gasteiger partial charge in [0, 0.05) is 24.8 Å². The van der Waals surface area contributed by atoms with Crippen LogP contribution in [0.5, 0.6) is 0 Å². The highest BCUT2D eigenvalue weighted by atomic mass is 127. The topological polar surface area (TPSA) is 67.1 Å². The molecule has 2 aromatic carbocycles. The molecule has 1 aromatic heterocycles. The largest absolute Gasteiger partial charge is 0.352 e. The maximum atomic E-state index is 13.7. The summed E-state index contributed by atoms with van der Waals surface area (Å²) in [4.78, 5) is 4.08. The lowest BCUT2D eigenvalue weighted by Crippen LogP contribution is -2.37. The molecule has 0 aliphatic carbocycles. The Morgan fingerprint density at radius 1 is 1.07 bits per heavy atom. The third-order valence-corrected chi connectivity index (χ3v) is 3.74. The molecule has 3 rings (SSSR count). The Labute approximate surface area is 172 Å². The molecule has 0 saturated carbocycles. The number of para-hydroxylation sites is 1. The molecule has 0 fully saturated rings. The molecule has 0 unspecified atom stereocenters. The lowest BCUT2D eigenvalue weighted by Gasteiger charge is -2.13. The zero-order chi connectivity index (χ0) is 18.4. The van der Waals surface area contributed by atoms with Gasteiger partial charge in [-0.25, -0.2) is 8.78 Å². The molecule has 3 aromatic rings. The first-order chi connectivity index (χ1) is 12.7. The van der Waals surface area contributed by atoms with Gasteiger partial charge in [-0.15, -0.1) is 34.2 Å². The lowest BCUT2D eigenvalue weighted by molar-refractivity contribution is 0.581. The summed E-state index contributed by atoms with van der Waals surface area (Å²) in [6.45, 7) is 0.467. The standard InChI is InChI=1S/C18H18F2N6.HI/c1-21-18(22-10-13-9-14(19)7-8-16(13)20)23-11-17-25-24-12-26(17)15-5-3-2-4-6-15;/h2-9,12H,10-11H2,1H3,(H2,21,22,23);1H. The van der Waals surface area contributed by atoms with E-state index in [2.05, 4.69) is 25.8 Å². The highest BCUT2D eigenvalue weighted by Gasteiger charge is 2.08. The quantitative estimate of drug-likeness (QED) is 0.332. The van der Waals surface area contributed by atoms with E-state index in [0.717, 1.165) is 23.9 Å². The van der Waals surface area contributed by atoms with Crippen LogP contribution in [-0.2, 0) is 13.1 Å². The van der Waals surface area contributed by atoms with Gasteiger partial charge in [0.25, 0.3) is 0 Å². The first-order valence-electron chi connectivity index (χ1n) is 8.00. The molecule has 6 nitrogen and oxygen atoms in total. The van der Waals surface area contributed by atoms with Crippen LogP contribution >= 0.6 is 24.0 Å². The van der Waals surface area contributed by atoms with Gasteiger partial charge in [-0.1, -0.05) is 18.2 Å². The Kier molecular flexibility index (Phi) is 7.65. The van der Waals surface area contributed by atoms with E-state index in [4.69, 9.17) is 0 Å². The van der Waals surface area contributed by atoms with Crippen molar-refractivity contribution in [2.24, 2.45) is 4.99 Å². The van der Waals surface area contributed by atoms with Gasteiger partial charge in [-0.2, -0.15) is 0 Å². The lowest BCUT2D eigenvalue weighted by atomic mass is 10.2. The molecule has 0 bridgehead atoms. The molecule has 0 amide bonds. The monoisotopic (exact) mass is 484 g/mol. The van der Waals surface area contributed by atoms with E-state index in [9.17, 15) is 8.78 Å². The van der Waals surface area contributed by atoms with Gasteiger partial charge in [-0.3, -0.25) is 9.56 Å². The Hall–Kier alpha value is -2.56. The maximum Gasteiger partial charge on any atom is 0.191 e. The zero-order valence-corrected chi connectivity index (χ0v) is 16.9. The van der Waals surface area contributed by atoms with Crippen molar-refractivity contribution in [3.8, 4) is 5.69 Å². The Morgan fingerprint density at radius 2 is 1.81 bits per heavy atom. The normalized spacial score (nSPS) is 11.0. The molecule has 0 radical (unpaired) electrons. The number of hydrogen-bond donors (Lipinski definition) is 2. The number of halogens is 3. The predicted octanol–water partition coefficient (Wildman–Crippen LogP) is 3.03. The number of aliphatic imine (C=N–C) groups is 1. The van der Waals surface area contributed by atoms with E-state index in [1.54, 1.807) is 13.4 Å². The second-order valence-electron chi connectivity index (χ2n) is 5.47. The Balaban J connectivity index is 0.00000261. The number of aromatic nitrogens is 3. The first-order valence-corrected chi connectivity index (χ1v) is 8.00. The molecular formula is C18H19F2IN6. The Bertz CT molecular complexity index is 898. The number of rotatable bonds is 5. The van der Waals surface area contributed by atoms with E-state index >= 15 is 0 Å². The second-order valence-corrected chi connectivity index (χ2v) is 5.47. The van der Waals surface area contributed by atoms with Gasteiger partial charge in [-0.05, 0) is 30.3 Å². The Morgan fingerprint density at radius 3 is 2.56 bits per heavy atom. The molecule has 1 heterocycles. The maximum absolute atomic E-state index is 13.7. The minimum Gasteiger partial charge on any atom is -0.352 e. The van der Waals surface area contributed by atoms with Gasteiger partial charge in [0.15, 0.2) is 11.8 Å². The summed E-state index contributed by atoms with van der Waals surface area (Å²) in [5, 5.41) is 14.1. The third kappa shape index (κ3) is 5.46. The number of hydrogen-bond acceptors (Lipinski definition) is 3. The van der Waals surface area contributed by atoms with Crippen molar-refractivity contribution >= 4 is 29.9 Å². The van der Waals surface area contributed by atoms with Crippen molar-refractivity contribution in [3.05, 3.63) is 77.9 Å². The molecule has 2 N–H and O–H groups in total. The first kappa shape index (κ1) is 20.7. The van der Waals surface area contributed by atoms with Crippen molar-refractivity contribution in [2.75, 3.05) is 7.05 Å². The summed E-state index contributed by atoms with van der Waals surface area (Å²) in [5.41, 5.74) is 1.17. The van der Waals surface area contributed by atoms with Crippen LogP contribution in [0.4, 0.5) is 8.78 Å². The van der Waals surface area contributed by atoms with Crippen LogP contribution in [0.2, 0.25) is 0 Å². The van der Waals surface area contributed by atoms with Crippen molar-refractivity contribution < 1.29 is 8.78 Å². The van der Waals surface area contributed by atoms with Crippen molar-refractivity contribution in [1.82, 2.24) is 25.4 Å². The van der Waals surface area contributed by atoms with Crippen LogP contribution in [0.25, 0.3) is 5.69 Å². The average Bonchev–Trinajstić information content (AvgIpc) is 3.14. The SMILES string of the molecule is CN=C(NCc1cc(F)ccc1F)NCc1nncn1-c1ccccc1.I. The smallest absolute Gasteiger partial charge is 0.191 e. The molecule has 27 heavy (non-hydrogen) atoms. The summed E-state index contributed by atoms with van der Waals surface area (Å²) in [6, 6.07) is 13.0. The van der Waals surface area contributed by atoms with Crippen LogP contribution in [0, 0.1) is 11.6 Å². The van der Waals surface area contributed by atoms with Crippen LogP contribution in [-0.4, -0.2) is 27.8 Å². The van der Waals surface area contributed by atoms with Crippen LogP contribution < -0.4 is 10.6 Å². The summed E-state index contributed by atoms with van der Waals surface area (Å²) in [5.74, 6) is 0.174. The summed E-state index contributed by atoms with van der Waals surface area (Å²) in [7, 11) is 1.60. The third-order valence-electron chi connectivity index (χ3n) is 3.74. The number of nitrogens with one attached hydrogen (secondary N) is 2. The summed E-state index contributed by atoms with van der Waals surface area (Å²) < 4.78 is 28.8. The fraction of sp³-hybridized carbons (Fsp3) is 0.167. The molecule has 0 atom stereocenters. The minimum atomic E-state index is -0.484. The van der Waals surface area contributed by atoms with Crippen LogP contribution in [0.15, 0.2) is 59.9 Å². The predicted molar refractivity (Wildman–Crippen MR) is 110 cm³/mol. The highest BCUT2D eigenvalue weighted by molar-refractivity contribution is 14.0. The molecule has 0 saturated heterocycles. The fourth-order valence-corrected chi connectivity index (χ4v) is 2.42. The molecule has 0 aliphatic heterocycles. The summed E-state index contributed by atoms with van der Waals surface area (Å²) in [6.07, 6.45) is 1.63. The van der Waals surface area contributed by atoms with E-state index in [1.807, 2.05) is 34.9 Å². The van der Waals surface area contributed by atoms with E-state index < -0.39 is 11.6 Å². The van der Waals surface area contributed by atoms with E-state index in [1.165, 1.54) is 0 Å². The van der Waals surface area contributed by atoms with Gasteiger partial charge in [0.05, 0.1) is 6.54 Å². The highest BCUT2D eigenvalue weighted by Crippen LogP contribution is 2.10.